The lowest BCUT2D eigenvalue weighted by molar-refractivity contribution is 1.07. The maximum atomic E-state index is 5.22. The normalized spacial score (nSPS) is 11.4. The van der Waals surface area contributed by atoms with Gasteiger partial charge in [0.1, 0.15) is 0 Å². The topological polar surface area (TPSA) is 38.7 Å². The van der Waals surface area contributed by atoms with Crippen LogP contribution >= 0.6 is 0 Å². The van der Waals surface area contributed by atoms with Crippen molar-refractivity contribution in [1.29, 1.82) is 0 Å². The van der Waals surface area contributed by atoms with Crippen molar-refractivity contribution in [2.75, 3.05) is 0 Å². The molecule has 0 N–H and O–H groups in total. The molecule has 3 heteroatoms. The smallest absolute Gasteiger partial charge is 0.164 e. The van der Waals surface area contributed by atoms with Crippen molar-refractivity contribution in [2.24, 2.45) is 0 Å². The summed E-state index contributed by atoms with van der Waals surface area (Å²) in [6.07, 6.45) is 0. The predicted octanol–water partition coefficient (Wildman–Crippen LogP) is 14.5. The van der Waals surface area contributed by atoms with Crippen molar-refractivity contribution in [2.45, 2.75) is 0 Å². The Balaban J connectivity index is 1.05. The van der Waals surface area contributed by atoms with E-state index in [-0.39, 0.29) is 0 Å². The molecule has 0 amide bonds. The molecule has 0 aliphatic carbocycles. The molecule has 11 rings (SSSR count). The third-order valence-corrected chi connectivity index (χ3v) is 11.3. The zero-order chi connectivity index (χ0) is 38.4. The molecule has 3 nitrogen and oxygen atoms in total. The lowest BCUT2D eigenvalue weighted by Crippen LogP contribution is -2.01. The van der Waals surface area contributed by atoms with Crippen molar-refractivity contribution in [3.63, 3.8) is 0 Å². The Kier molecular flexibility index (Phi) is 8.15. The van der Waals surface area contributed by atoms with E-state index in [0.29, 0.717) is 17.5 Å². The molecular formula is C55H35N3. The number of hydrogen-bond donors (Lipinski definition) is 0. The van der Waals surface area contributed by atoms with Gasteiger partial charge >= 0.3 is 0 Å². The van der Waals surface area contributed by atoms with Crippen LogP contribution in [-0.4, -0.2) is 15.0 Å². The molecule has 0 atom stereocenters. The van der Waals surface area contributed by atoms with Crippen molar-refractivity contribution in [3.05, 3.63) is 212 Å². The molecular weight excluding hydrogens is 703 g/mol. The summed E-state index contributed by atoms with van der Waals surface area (Å²) >= 11 is 0. The second kappa shape index (κ2) is 14.1. The maximum Gasteiger partial charge on any atom is 0.164 e. The first kappa shape index (κ1) is 33.6. The molecule has 0 unspecified atom stereocenters. The average Bonchev–Trinajstić information content (AvgIpc) is 3.31. The number of nitrogens with zero attached hydrogens (tertiary/aromatic N) is 3. The third-order valence-electron chi connectivity index (χ3n) is 11.3. The van der Waals surface area contributed by atoms with E-state index in [9.17, 15) is 0 Å². The molecule has 0 spiro atoms. The van der Waals surface area contributed by atoms with Crippen LogP contribution in [0.2, 0.25) is 0 Å². The highest BCUT2D eigenvalue weighted by molar-refractivity contribution is 6.20. The first-order valence-electron chi connectivity index (χ1n) is 19.7. The highest BCUT2D eigenvalue weighted by atomic mass is 15.0. The SMILES string of the molecule is c1ccc(-c2nc(-c3cccc(-c4cccc(-c5c6ccccc6cc6c5ccc5ccccc56)c4)c3)nc(-c3ccccc3-c3ccc4ccccc4c3)n2)cc1. The second-order valence-corrected chi connectivity index (χ2v) is 14.8. The van der Waals surface area contributed by atoms with Gasteiger partial charge in [-0.05, 0) is 101 Å². The number of hydrogen-bond acceptors (Lipinski definition) is 3. The van der Waals surface area contributed by atoms with Crippen LogP contribution in [0.3, 0.4) is 0 Å². The monoisotopic (exact) mass is 737 g/mol. The van der Waals surface area contributed by atoms with Gasteiger partial charge in [-0.15, -0.1) is 0 Å². The molecule has 0 saturated heterocycles. The minimum atomic E-state index is 0.627. The Morgan fingerprint density at radius 2 is 0.776 bits per heavy atom. The predicted molar refractivity (Wildman–Crippen MR) is 242 cm³/mol. The quantitative estimate of drug-likeness (QED) is 0.126. The Labute approximate surface area is 336 Å². The highest BCUT2D eigenvalue weighted by Gasteiger charge is 2.17. The van der Waals surface area contributed by atoms with E-state index in [2.05, 4.69) is 194 Å². The Morgan fingerprint density at radius 1 is 0.224 bits per heavy atom. The molecule has 0 saturated carbocycles. The van der Waals surface area contributed by atoms with Gasteiger partial charge in [0.15, 0.2) is 17.5 Å². The van der Waals surface area contributed by atoms with E-state index in [1.54, 1.807) is 0 Å². The fourth-order valence-corrected chi connectivity index (χ4v) is 8.45. The van der Waals surface area contributed by atoms with Crippen LogP contribution in [0, 0.1) is 0 Å². The van der Waals surface area contributed by atoms with E-state index < -0.39 is 0 Å². The average molecular weight is 738 g/mol. The van der Waals surface area contributed by atoms with Crippen LogP contribution in [0.1, 0.15) is 0 Å². The molecule has 0 fully saturated rings. The fraction of sp³-hybridized carbons (Fsp3) is 0. The minimum absolute atomic E-state index is 0.627. The molecule has 1 aromatic heterocycles. The minimum Gasteiger partial charge on any atom is -0.208 e. The summed E-state index contributed by atoms with van der Waals surface area (Å²) in [5, 5.41) is 9.90. The van der Waals surface area contributed by atoms with Gasteiger partial charge < -0.3 is 0 Å². The van der Waals surface area contributed by atoms with Gasteiger partial charge in [0.2, 0.25) is 0 Å². The molecule has 11 aromatic rings. The molecule has 1 heterocycles. The van der Waals surface area contributed by atoms with Crippen molar-refractivity contribution in [3.8, 4) is 67.5 Å². The fourth-order valence-electron chi connectivity index (χ4n) is 8.45. The number of benzene rings is 10. The van der Waals surface area contributed by atoms with Gasteiger partial charge in [0.05, 0.1) is 0 Å². The number of aromatic nitrogens is 3. The molecule has 10 aromatic carbocycles. The zero-order valence-electron chi connectivity index (χ0n) is 31.5. The van der Waals surface area contributed by atoms with Gasteiger partial charge in [0.25, 0.3) is 0 Å². The molecule has 0 aliphatic rings. The molecule has 0 aliphatic heterocycles. The summed E-state index contributed by atoms with van der Waals surface area (Å²) in [7, 11) is 0. The summed E-state index contributed by atoms with van der Waals surface area (Å²) in [4.78, 5) is 15.5. The standard InChI is InChI=1S/C55H35N3/c1-2-16-38(17-3-1)53-56-54(58-55(57-53)50-27-11-10-25-47(50)43-29-28-36-14-4-5-18-39(36)32-43)45-23-13-21-41(34-45)40-20-12-22-44(33-40)52-48-26-9-7-19-42(48)35-51-46-24-8-6-15-37(46)30-31-49(51)52/h1-35H. The number of rotatable bonds is 6. The Morgan fingerprint density at radius 3 is 1.59 bits per heavy atom. The third kappa shape index (κ3) is 5.98. The van der Waals surface area contributed by atoms with Crippen molar-refractivity contribution >= 4 is 43.1 Å². The summed E-state index contributed by atoms with van der Waals surface area (Å²) in [5.74, 6) is 1.90. The Hall–Kier alpha value is -7.75. The molecule has 270 valence electrons. The number of fused-ring (bicyclic) bond motifs is 5. The molecule has 0 radical (unpaired) electrons. The van der Waals surface area contributed by atoms with Gasteiger partial charge in [-0.25, -0.2) is 15.0 Å². The van der Waals surface area contributed by atoms with E-state index in [1.807, 2.05) is 18.2 Å². The first-order chi connectivity index (χ1) is 28.7. The zero-order valence-corrected chi connectivity index (χ0v) is 31.5. The summed E-state index contributed by atoms with van der Waals surface area (Å²) in [5.41, 5.74) is 9.65. The van der Waals surface area contributed by atoms with E-state index >= 15 is 0 Å². The summed E-state index contributed by atoms with van der Waals surface area (Å²) in [6.45, 7) is 0. The van der Waals surface area contributed by atoms with Crippen LogP contribution < -0.4 is 0 Å². The largest absolute Gasteiger partial charge is 0.208 e. The van der Waals surface area contributed by atoms with Crippen molar-refractivity contribution < 1.29 is 0 Å². The van der Waals surface area contributed by atoms with E-state index in [1.165, 1.54) is 54.2 Å². The van der Waals surface area contributed by atoms with Crippen LogP contribution in [0.15, 0.2) is 212 Å². The first-order valence-corrected chi connectivity index (χ1v) is 19.7. The highest BCUT2D eigenvalue weighted by Crippen LogP contribution is 2.41. The van der Waals surface area contributed by atoms with Crippen molar-refractivity contribution in [1.82, 2.24) is 15.0 Å². The van der Waals surface area contributed by atoms with Gasteiger partial charge in [-0.1, -0.05) is 188 Å². The maximum absolute atomic E-state index is 5.22. The molecule has 58 heavy (non-hydrogen) atoms. The van der Waals surface area contributed by atoms with Crippen LogP contribution in [0.5, 0.6) is 0 Å². The van der Waals surface area contributed by atoms with E-state index in [4.69, 9.17) is 15.0 Å². The second-order valence-electron chi connectivity index (χ2n) is 14.8. The van der Waals surface area contributed by atoms with E-state index in [0.717, 1.165) is 38.9 Å². The molecule has 0 bridgehead atoms. The Bertz CT molecular complexity index is 3350. The summed E-state index contributed by atoms with van der Waals surface area (Å²) in [6, 6.07) is 75.4. The van der Waals surface area contributed by atoms with Gasteiger partial charge in [-0.3, -0.25) is 0 Å². The lowest BCUT2D eigenvalue weighted by atomic mass is 9.89. The lowest BCUT2D eigenvalue weighted by Gasteiger charge is -2.15. The van der Waals surface area contributed by atoms with Crippen LogP contribution in [-0.2, 0) is 0 Å². The van der Waals surface area contributed by atoms with Crippen LogP contribution in [0.25, 0.3) is 111 Å². The summed E-state index contributed by atoms with van der Waals surface area (Å²) < 4.78 is 0. The van der Waals surface area contributed by atoms with Crippen LogP contribution in [0.4, 0.5) is 0 Å². The van der Waals surface area contributed by atoms with Gasteiger partial charge in [-0.2, -0.15) is 0 Å². The van der Waals surface area contributed by atoms with Gasteiger partial charge in [0, 0.05) is 16.7 Å².